The molecule has 1 heterocycles. The summed E-state index contributed by atoms with van der Waals surface area (Å²) in [5.74, 6) is 5.92. The molecule has 0 aromatic heterocycles. The van der Waals surface area contributed by atoms with Crippen LogP contribution in [-0.4, -0.2) is 13.2 Å². The number of halogens is 2. The van der Waals surface area contributed by atoms with Gasteiger partial charge in [-0.2, -0.15) is 0 Å². The zero-order valence-corrected chi connectivity index (χ0v) is 10.3. The first-order valence-corrected chi connectivity index (χ1v) is 5.97. The summed E-state index contributed by atoms with van der Waals surface area (Å²) >= 11 is 12.3. The molecule has 1 aliphatic heterocycles. The monoisotopic (exact) mass is 260 g/mol. The van der Waals surface area contributed by atoms with Gasteiger partial charge in [0, 0.05) is 28.1 Å². The van der Waals surface area contributed by atoms with Crippen LogP contribution in [0.15, 0.2) is 18.2 Å². The summed E-state index contributed by atoms with van der Waals surface area (Å²) in [4.78, 5) is 0. The van der Waals surface area contributed by atoms with Gasteiger partial charge < -0.3 is 4.74 Å². The van der Waals surface area contributed by atoms with Gasteiger partial charge in [0.25, 0.3) is 0 Å². The van der Waals surface area contributed by atoms with Gasteiger partial charge >= 0.3 is 0 Å². The summed E-state index contributed by atoms with van der Waals surface area (Å²) < 4.78 is 5.36. The number of nitrogens with one attached hydrogen (secondary N) is 1. The van der Waals surface area contributed by atoms with Crippen LogP contribution in [0.5, 0.6) is 0 Å². The van der Waals surface area contributed by atoms with Crippen molar-refractivity contribution in [3.05, 3.63) is 33.8 Å². The van der Waals surface area contributed by atoms with Crippen LogP contribution in [0.4, 0.5) is 0 Å². The molecule has 1 aromatic rings. The molecule has 0 saturated carbocycles. The molecule has 0 amide bonds. The Morgan fingerprint density at radius 2 is 2.06 bits per heavy atom. The van der Waals surface area contributed by atoms with Crippen LogP contribution in [0.2, 0.25) is 10.0 Å². The summed E-state index contributed by atoms with van der Waals surface area (Å²) in [5, 5.41) is 1.28. The largest absolute Gasteiger partial charge is 0.381 e. The Hall–Kier alpha value is -0.320. The lowest BCUT2D eigenvalue weighted by atomic mass is 9.93. The maximum atomic E-state index is 6.16. The van der Waals surface area contributed by atoms with E-state index < -0.39 is 0 Å². The molecule has 16 heavy (non-hydrogen) atoms. The molecular weight excluding hydrogens is 247 g/mol. The number of nitrogens with two attached hydrogens (primary N) is 1. The number of hydrogen-bond donors (Lipinski definition) is 2. The van der Waals surface area contributed by atoms with Gasteiger partial charge in [0.1, 0.15) is 0 Å². The fraction of sp³-hybridized carbons (Fsp3) is 0.455. The highest BCUT2D eigenvalue weighted by Crippen LogP contribution is 2.36. The van der Waals surface area contributed by atoms with Gasteiger partial charge in [-0.1, -0.05) is 29.3 Å². The molecule has 1 aromatic carbocycles. The summed E-state index contributed by atoms with van der Waals surface area (Å²) in [6.07, 6.45) is 0.969. The highest BCUT2D eigenvalue weighted by molar-refractivity contribution is 6.36. The standard InChI is InChI=1S/C11H14Cl2N2O/c12-8-2-1-3-9(13)10(8)11(15-14)7-4-5-16-6-7/h1-3,7,11,15H,4-6,14H2. The fourth-order valence-corrected chi connectivity index (χ4v) is 2.71. The Bertz CT molecular complexity index is 347. The van der Waals surface area contributed by atoms with Gasteiger partial charge in [-0.25, -0.2) is 0 Å². The molecule has 1 saturated heterocycles. The van der Waals surface area contributed by atoms with E-state index in [1.165, 1.54) is 0 Å². The zero-order valence-electron chi connectivity index (χ0n) is 8.75. The molecule has 0 spiro atoms. The van der Waals surface area contributed by atoms with Crippen molar-refractivity contribution in [3.63, 3.8) is 0 Å². The molecule has 2 unspecified atom stereocenters. The van der Waals surface area contributed by atoms with Crippen molar-refractivity contribution in [2.24, 2.45) is 11.8 Å². The van der Waals surface area contributed by atoms with Gasteiger partial charge in [-0.05, 0) is 18.6 Å². The van der Waals surface area contributed by atoms with Gasteiger partial charge in [-0.15, -0.1) is 0 Å². The molecule has 88 valence electrons. The predicted octanol–water partition coefficient (Wildman–Crippen LogP) is 2.53. The molecule has 5 heteroatoms. The number of benzene rings is 1. The minimum Gasteiger partial charge on any atom is -0.381 e. The van der Waals surface area contributed by atoms with E-state index in [9.17, 15) is 0 Å². The van der Waals surface area contributed by atoms with Crippen molar-refractivity contribution in [2.45, 2.75) is 12.5 Å². The Kier molecular flexibility index (Phi) is 4.05. The number of hydrogen-bond acceptors (Lipinski definition) is 3. The van der Waals surface area contributed by atoms with Crippen LogP contribution in [-0.2, 0) is 4.74 Å². The minimum absolute atomic E-state index is 0.0521. The molecule has 2 atom stereocenters. The lowest BCUT2D eigenvalue weighted by molar-refractivity contribution is 0.177. The van der Waals surface area contributed by atoms with Gasteiger partial charge in [0.2, 0.25) is 0 Å². The molecular formula is C11H14Cl2N2O. The Morgan fingerprint density at radius 3 is 2.56 bits per heavy atom. The van der Waals surface area contributed by atoms with E-state index in [0.29, 0.717) is 22.6 Å². The summed E-state index contributed by atoms with van der Waals surface area (Å²) in [5.41, 5.74) is 3.66. The first-order valence-electron chi connectivity index (χ1n) is 5.22. The molecule has 3 nitrogen and oxygen atoms in total. The average Bonchev–Trinajstić information content (AvgIpc) is 2.77. The van der Waals surface area contributed by atoms with Gasteiger partial charge in [-0.3, -0.25) is 11.3 Å². The van der Waals surface area contributed by atoms with E-state index in [4.69, 9.17) is 33.8 Å². The second kappa shape index (κ2) is 5.34. The fourth-order valence-electron chi connectivity index (χ4n) is 2.08. The highest BCUT2D eigenvalue weighted by atomic mass is 35.5. The number of hydrazine groups is 1. The second-order valence-electron chi connectivity index (χ2n) is 3.90. The zero-order chi connectivity index (χ0) is 11.5. The van der Waals surface area contributed by atoms with Crippen LogP contribution in [0.25, 0.3) is 0 Å². The van der Waals surface area contributed by atoms with Gasteiger partial charge in [0.15, 0.2) is 0 Å². The molecule has 1 aliphatic rings. The van der Waals surface area contributed by atoms with Gasteiger partial charge in [0.05, 0.1) is 12.6 Å². The topological polar surface area (TPSA) is 47.3 Å². The van der Waals surface area contributed by atoms with Crippen LogP contribution in [0.3, 0.4) is 0 Å². The number of rotatable bonds is 3. The Labute approximate surface area is 105 Å². The third-order valence-electron chi connectivity index (χ3n) is 2.93. The van der Waals surface area contributed by atoms with E-state index >= 15 is 0 Å². The van der Waals surface area contributed by atoms with Crippen molar-refractivity contribution in [1.29, 1.82) is 0 Å². The molecule has 0 radical (unpaired) electrons. The molecule has 1 fully saturated rings. The van der Waals surface area contributed by atoms with E-state index in [0.717, 1.165) is 18.6 Å². The summed E-state index contributed by atoms with van der Waals surface area (Å²) in [7, 11) is 0. The Morgan fingerprint density at radius 1 is 1.38 bits per heavy atom. The molecule has 0 aliphatic carbocycles. The minimum atomic E-state index is -0.0521. The van der Waals surface area contributed by atoms with Crippen LogP contribution in [0, 0.1) is 5.92 Å². The van der Waals surface area contributed by atoms with Crippen molar-refractivity contribution in [1.82, 2.24) is 5.43 Å². The third kappa shape index (κ3) is 2.34. The second-order valence-corrected chi connectivity index (χ2v) is 4.72. The van der Waals surface area contributed by atoms with Crippen molar-refractivity contribution in [3.8, 4) is 0 Å². The average molecular weight is 261 g/mol. The molecule has 2 rings (SSSR count). The first kappa shape index (κ1) is 12.1. The van der Waals surface area contributed by atoms with E-state index in [-0.39, 0.29) is 6.04 Å². The van der Waals surface area contributed by atoms with E-state index in [1.807, 2.05) is 18.2 Å². The van der Waals surface area contributed by atoms with Crippen molar-refractivity contribution < 1.29 is 4.74 Å². The summed E-state index contributed by atoms with van der Waals surface area (Å²) in [6, 6.07) is 5.42. The van der Waals surface area contributed by atoms with E-state index in [1.54, 1.807) is 0 Å². The van der Waals surface area contributed by atoms with Crippen LogP contribution in [0.1, 0.15) is 18.0 Å². The first-order chi connectivity index (χ1) is 7.74. The SMILES string of the molecule is NNC(c1c(Cl)cccc1Cl)C1CCOC1. The smallest absolute Gasteiger partial charge is 0.0540 e. The van der Waals surface area contributed by atoms with E-state index in [2.05, 4.69) is 5.43 Å². The lowest BCUT2D eigenvalue weighted by Crippen LogP contribution is -2.34. The third-order valence-corrected chi connectivity index (χ3v) is 3.59. The predicted molar refractivity (Wildman–Crippen MR) is 65.5 cm³/mol. The normalized spacial score (nSPS) is 22.3. The number of ether oxygens (including phenoxy) is 1. The van der Waals surface area contributed by atoms with Crippen LogP contribution < -0.4 is 11.3 Å². The van der Waals surface area contributed by atoms with Crippen molar-refractivity contribution in [2.75, 3.05) is 13.2 Å². The quantitative estimate of drug-likeness (QED) is 0.649. The summed E-state index contributed by atoms with van der Waals surface area (Å²) in [6.45, 7) is 1.46. The van der Waals surface area contributed by atoms with Crippen molar-refractivity contribution >= 4 is 23.2 Å². The lowest BCUT2D eigenvalue weighted by Gasteiger charge is -2.23. The maximum Gasteiger partial charge on any atom is 0.0540 e. The highest BCUT2D eigenvalue weighted by Gasteiger charge is 2.29. The molecule has 3 N–H and O–H groups in total. The maximum absolute atomic E-state index is 6.16. The Balaban J connectivity index is 2.32. The van der Waals surface area contributed by atoms with Crippen LogP contribution >= 0.6 is 23.2 Å². The molecule has 0 bridgehead atoms.